The maximum Gasteiger partial charge on any atom is 0.344 e. The van der Waals surface area contributed by atoms with Gasteiger partial charge in [0.25, 0.3) is 0 Å². The number of hydrazone groups is 1. The third kappa shape index (κ3) is 6.64. The van der Waals surface area contributed by atoms with Crippen LogP contribution in [0.1, 0.15) is 22.8 Å². The lowest BCUT2D eigenvalue weighted by Gasteiger charge is -2.08. The lowest BCUT2D eigenvalue weighted by Crippen LogP contribution is -2.33. The van der Waals surface area contributed by atoms with Gasteiger partial charge in [-0.3, -0.25) is 9.59 Å². The van der Waals surface area contributed by atoms with Gasteiger partial charge in [-0.15, -0.1) is 0 Å². The molecule has 0 atom stereocenters. The first kappa shape index (κ1) is 24.4. The highest BCUT2D eigenvalue weighted by atomic mass is 79.9. The number of carbonyl (C=O) groups is 3. The van der Waals surface area contributed by atoms with Crippen molar-refractivity contribution in [3.05, 3.63) is 92.4 Å². The molecule has 7 nitrogen and oxygen atoms in total. The van der Waals surface area contributed by atoms with Crippen LogP contribution in [-0.4, -0.2) is 23.5 Å². The summed E-state index contributed by atoms with van der Waals surface area (Å²) in [7, 11) is 0. The predicted octanol–water partition coefficient (Wildman–Crippen LogP) is 5.45. The van der Waals surface area contributed by atoms with Gasteiger partial charge in [0, 0.05) is 9.50 Å². The zero-order valence-electron chi connectivity index (χ0n) is 17.1. The molecule has 0 saturated heterocycles. The molecule has 168 valence electrons. The molecular formula is C23H16BrCl2N3O4. The summed E-state index contributed by atoms with van der Waals surface area (Å²) in [4.78, 5) is 36.4. The Morgan fingerprint density at radius 1 is 0.939 bits per heavy atom. The van der Waals surface area contributed by atoms with E-state index in [1.54, 1.807) is 61.5 Å². The Balaban J connectivity index is 1.59. The summed E-state index contributed by atoms with van der Waals surface area (Å²) in [5, 5.41) is 6.89. The van der Waals surface area contributed by atoms with Crippen molar-refractivity contribution in [1.29, 1.82) is 0 Å². The molecular weight excluding hydrogens is 533 g/mol. The normalized spacial score (nSPS) is 11.0. The number of ether oxygens (including phenoxy) is 1. The van der Waals surface area contributed by atoms with Gasteiger partial charge in [0.1, 0.15) is 5.75 Å². The molecule has 2 amide bonds. The Morgan fingerprint density at radius 3 is 2.33 bits per heavy atom. The Bertz CT molecular complexity index is 1250. The molecule has 0 spiro atoms. The number of carbonyl (C=O) groups excluding carboxylic acids is 3. The van der Waals surface area contributed by atoms with Gasteiger partial charge in [-0.1, -0.05) is 35.3 Å². The summed E-state index contributed by atoms with van der Waals surface area (Å²) in [5.74, 6) is -2.10. The molecule has 0 aromatic heterocycles. The van der Waals surface area contributed by atoms with Crippen molar-refractivity contribution >= 4 is 68.3 Å². The van der Waals surface area contributed by atoms with Crippen LogP contribution in [0.15, 0.2) is 76.3 Å². The molecule has 0 fully saturated rings. The molecule has 3 aromatic rings. The maximum atomic E-state index is 12.3. The quantitative estimate of drug-likeness (QED) is 0.145. The Morgan fingerprint density at radius 2 is 1.64 bits per heavy atom. The van der Waals surface area contributed by atoms with Crippen molar-refractivity contribution in [1.82, 2.24) is 5.43 Å². The molecule has 0 aliphatic heterocycles. The fourth-order valence-electron chi connectivity index (χ4n) is 2.58. The van der Waals surface area contributed by atoms with Crippen LogP contribution in [0.4, 0.5) is 5.69 Å². The predicted molar refractivity (Wildman–Crippen MR) is 131 cm³/mol. The number of nitrogens with one attached hydrogen (secondary N) is 2. The van der Waals surface area contributed by atoms with Gasteiger partial charge in [0.05, 0.1) is 22.0 Å². The van der Waals surface area contributed by atoms with Crippen molar-refractivity contribution in [2.45, 2.75) is 6.92 Å². The van der Waals surface area contributed by atoms with Crippen LogP contribution >= 0.6 is 39.1 Å². The lowest BCUT2D eigenvalue weighted by atomic mass is 10.1. The molecule has 0 heterocycles. The lowest BCUT2D eigenvalue weighted by molar-refractivity contribution is -0.136. The van der Waals surface area contributed by atoms with Crippen LogP contribution in [0.2, 0.25) is 10.0 Å². The second kappa shape index (κ2) is 11.1. The number of hydrogen-bond acceptors (Lipinski definition) is 5. The van der Waals surface area contributed by atoms with E-state index in [1.807, 2.05) is 0 Å². The fraction of sp³-hybridized carbons (Fsp3) is 0.0435. The number of halogens is 3. The molecule has 0 aliphatic carbocycles. The SMILES string of the molecule is CC(=NNC(=O)C(=O)Nc1cc(Cl)ccc1Cl)c1ccc(OC(=O)c2ccccc2Br)cc1. The highest BCUT2D eigenvalue weighted by Gasteiger charge is 2.15. The van der Waals surface area contributed by atoms with Gasteiger partial charge in [0.2, 0.25) is 0 Å². The minimum Gasteiger partial charge on any atom is -0.423 e. The van der Waals surface area contributed by atoms with E-state index >= 15 is 0 Å². The first-order valence-electron chi connectivity index (χ1n) is 9.42. The zero-order valence-corrected chi connectivity index (χ0v) is 20.2. The zero-order chi connectivity index (χ0) is 24.0. The van der Waals surface area contributed by atoms with Gasteiger partial charge in [-0.25, -0.2) is 10.2 Å². The number of esters is 1. The van der Waals surface area contributed by atoms with Crippen molar-refractivity contribution in [2.24, 2.45) is 5.10 Å². The van der Waals surface area contributed by atoms with E-state index in [0.717, 1.165) is 0 Å². The van der Waals surface area contributed by atoms with E-state index in [0.29, 0.717) is 32.1 Å². The molecule has 33 heavy (non-hydrogen) atoms. The second-order valence-electron chi connectivity index (χ2n) is 6.61. The van der Waals surface area contributed by atoms with E-state index in [-0.39, 0.29) is 10.7 Å². The highest BCUT2D eigenvalue weighted by Crippen LogP contribution is 2.25. The van der Waals surface area contributed by atoms with Crippen molar-refractivity contribution in [3.8, 4) is 5.75 Å². The van der Waals surface area contributed by atoms with Gasteiger partial charge in [0.15, 0.2) is 0 Å². The summed E-state index contributed by atoms with van der Waals surface area (Å²) >= 11 is 15.2. The third-order valence-electron chi connectivity index (χ3n) is 4.28. The molecule has 0 bridgehead atoms. The largest absolute Gasteiger partial charge is 0.423 e. The fourth-order valence-corrected chi connectivity index (χ4v) is 3.36. The average Bonchev–Trinajstić information content (AvgIpc) is 2.80. The van der Waals surface area contributed by atoms with E-state index in [1.165, 1.54) is 12.1 Å². The van der Waals surface area contributed by atoms with Crippen LogP contribution in [0, 0.1) is 0 Å². The molecule has 2 N–H and O–H groups in total. The molecule has 0 radical (unpaired) electrons. The Hall–Kier alpha value is -3.20. The number of benzene rings is 3. The number of anilines is 1. The summed E-state index contributed by atoms with van der Waals surface area (Å²) in [5.41, 5.74) is 3.87. The van der Waals surface area contributed by atoms with Crippen LogP contribution in [0.5, 0.6) is 5.75 Å². The smallest absolute Gasteiger partial charge is 0.344 e. The van der Waals surface area contributed by atoms with Crippen molar-refractivity contribution in [3.63, 3.8) is 0 Å². The van der Waals surface area contributed by atoms with Crippen LogP contribution in [0.3, 0.4) is 0 Å². The minimum absolute atomic E-state index is 0.206. The van der Waals surface area contributed by atoms with Crippen molar-refractivity contribution in [2.75, 3.05) is 5.32 Å². The van der Waals surface area contributed by atoms with Gasteiger partial charge < -0.3 is 10.1 Å². The first-order valence-corrected chi connectivity index (χ1v) is 11.0. The minimum atomic E-state index is -0.982. The van der Waals surface area contributed by atoms with Gasteiger partial charge in [-0.2, -0.15) is 5.10 Å². The Labute approximate surface area is 207 Å². The van der Waals surface area contributed by atoms with E-state index in [2.05, 4.69) is 31.8 Å². The van der Waals surface area contributed by atoms with E-state index < -0.39 is 17.8 Å². The topological polar surface area (TPSA) is 96.9 Å². The summed E-state index contributed by atoms with van der Waals surface area (Å²) in [6.07, 6.45) is 0. The standard InChI is InChI=1S/C23H16BrCl2N3O4/c1-13(28-29-22(31)21(30)27-20-12-15(25)8-11-19(20)26)14-6-9-16(10-7-14)33-23(32)17-4-2-3-5-18(17)24/h2-12H,1H3,(H,27,30)(H,29,31). The Kier molecular flexibility index (Phi) is 8.21. The number of amides is 2. The monoisotopic (exact) mass is 547 g/mol. The third-order valence-corrected chi connectivity index (χ3v) is 5.54. The maximum absolute atomic E-state index is 12.3. The van der Waals surface area contributed by atoms with E-state index in [9.17, 15) is 14.4 Å². The summed E-state index contributed by atoms with van der Waals surface area (Å²) < 4.78 is 6.00. The van der Waals surface area contributed by atoms with Crippen LogP contribution < -0.4 is 15.5 Å². The van der Waals surface area contributed by atoms with E-state index in [4.69, 9.17) is 27.9 Å². The number of nitrogens with zero attached hydrogens (tertiary/aromatic N) is 1. The van der Waals surface area contributed by atoms with Gasteiger partial charge in [-0.05, 0) is 83.0 Å². The molecule has 0 saturated carbocycles. The molecule has 0 aliphatic rings. The number of hydrogen-bond donors (Lipinski definition) is 2. The van der Waals surface area contributed by atoms with Crippen LogP contribution in [-0.2, 0) is 9.59 Å². The molecule has 0 unspecified atom stereocenters. The average molecular weight is 549 g/mol. The van der Waals surface area contributed by atoms with Crippen molar-refractivity contribution < 1.29 is 19.1 Å². The van der Waals surface area contributed by atoms with Gasteiger partial charge >= 0.3 is 17.8 Å². The highest BCUT2D eigenvalue weighted by molar-refractivity contribution is 9.10. The summed E-state index contributed by atoms with van der Waals surface area (Å²) in [6, 6.07) is 17.9. The number of rotatable bonds is 5. The molecule has 3 aromatic carbocycles. The molecule has 10 heteroatoms. The second-order valence-corrected chi connectivity index (χ2v) is 8.31. The molecule has 3 rings (SSSR count). The van der Waals surface area contributed by atoms with Crippen LogP contribution in [0.25, 0.3) is 0 Å². The first-order chi connectivity index (χ1) is 15.7. The summed E-state index contributed by atoms with van der Waals surface area (Å²) in [6.45, 7) is 1.65.